The second-order valence-corrected chi connectivity index (χ2v) is 7.81. The highest BCUT2D eigenvalue weighted by Crippen LogP contribution is 2.28. The standard InChI is InChI=1S/C20H25N7O2/c28-19(23-14-8-10-26(11-14)12-18-21-13-22-25-18)16-6-3-4-9-27(16)20-24-15-5-1-2-7-17(15)29-20/h1-2,5,7,13-14,16H,3-4,6,8-12H2,(H,23,28)(H,21,22,25)/t14-,16-/m0/s1. The molecule has 3 aromatic rings. The maximum absolute atomic E-state index is 13.1. The van der Waals surface area contributed by atoms with Gasteiger partial charge in [0.15, 0.2) is 11.4 Å². The number of hydrogen-bond donors (Lipinski definition) is 2. The van der Waals surface area contributed by atoms with Gasteiger partial charge in [-0.15, -0.1) is 0 Å². The molecule has 29 heavy (non-hydrogen) atoms. The van der Waals surface area contributed by atoms with Gasteiger partial charge in [0.25, 0.3) is 6.01 Å². The van der Waals surface area contributed by atoms with Gasteiger partial charge in [0.1, 0.15) is 17.9 Å². The van der Waals surface area contributed by atoms with E-state index < -0.39 is 0 Å². The summed E-state index contributed by atoms with van der Waals surface area (Å²) >= 11 is 0. The van der Waals surface area contributed by atoms with Crippen LogP contribution in [0.1, 0.15) is 31.5 Å². The summed E-state index contributed by atoms with van der Waals surface area (Å²) in [5, 5.41) is 10.1. The summed E-state index contributed by atoms with van der Waals surface area (Å²) in [4.78, 5) is 26.2. The van der Waals surface area contributed by atoms with E-state index in [1.54, 1.807) is 6.33 Å². The topological polar surface area (TPSA) is 103 Å². The molecule has 9 heteroatoms. The van der Waals surface area contributed by atoms with Crippen LogP contribution in [0.15, 0.2) is 35.0 Å². The zero-order chi connectivity index (χ0) is 19.6. The number of aromatic amines is 1. The molecule has 2 aromatic heterocycles. The van der Waals surface area contributed by atoms with Crippen molar-refractivity contribution in [3.63, 3.8) is 0 Å². The monoisotopic (exact) mass is 395 g/mol. The molecule has 0 radical (unpaired) electrons. The van der Waals surface area contributed by atoms with Gasteiger partial charge in [-0.3, -0.25) is 14.8 Å². The molecule has 0 spiro atoms. The lowest BCUT2D eigenvalue weighted by atomic mass is 10.0. The van der Waals surface area contributed by atoms with E-state index in [4.69, 9.17) is 4.42 Å². The van der Waals surface area contributed by atoms with Crippen LogP contribution in [0.4, 0.5) is 6.01 Å². The molecule has 2 saturated heterocycles. The molecule has 0 bridgehead atoms. The molecular formula is C20H25N7O2. The Balaban J connectivity index is 1.24. The Morgan fingerprint density at radius 2 is 2.17 bits per heavy atom. The Labute approximate surface area is 168 Å². The first-order valence-corrected chi connectivity index (χ1v) is 10.3. The number of likely N-dealkylation sites (tertiary alicyclic amines) is 1. The molecule has 2 fully saturated rings. The van der Waals surface area contributed by atoms with Crippen molar-refractivity contribution in [1.29, 1.82) is 0 Å². The number of H-pyrrole nitrogens is 1. The van der Waals surface area contributed by atoms with Crippen molar-refractivity contribution in [2.45, 2.75) is 44.3 Å². The summed E-state index contributed by atoms with van der Waals surface area (Å²) in [5.74, 6) is 0.850. The Morgan fingerprint density at radius 1 is 1.24 bits per heavy atom. The van der Waals surface area contributed by atoms with E-state index in [0.29, 0.717) is 12.6 Å². The van der Waals surface area contributed by atoms with Gasteiger partial charge in [-0.05, 0) is 37.8 Å². The Morgan fingerprint density at radius 3 is 3.03 bits per heavy atom. The number of aromatic nitrogens is 4. The third-order valence-corrected chi connectivity index (χ3v) is 5.78. The zero-order valence-corrected chi connectivity index (χ0v) is 16.3. The molecule has 152 valence electrons. The molecule has 5 rings (SSSR count). The largest absolute Gasteiger partial charge is 0.423 e. The van der Waals surface area contributed by atoms with Crippen molar-refractivity contribution < 1.29 is 9.21 Å². The van der Waals surface area contributed by atoms with Crippen LogP contribution in [-0.2, 0) is 11.3 Å². The number of hydrogen-bond acceptors (Lipinski definition) is 7. The van der Waals surface area contributed by atoms with Crippen molar-refractivity contribution >= 4 is 23.0 Å². The SMILES string of the molecule is O=C(N[C@H]1CCN(Cc2nc[nH]n2)C1)[C@@H]1CCCCN1c1nc2ccccc2o1. The fraction of sp³-hybridized carbons (Fsp3) is 0.500. The summed E-state index contributed by atoms with van der Waals surface area (Å²) in [7, 11) is 0. The summed E-state index contributed by atoms with van der Waals surface area (Å²) < 4.78 is 5.94. The van der Waals surface area contributed by atoms with Gasteiger partial charge >= 0.3 is 0 Å². The van der Waals surface area contributed by atoms with E-state index in [9.17, 15) is 4.79 Å². The predicted octanol–water partition coefficient (Wildman–Crippen LogP) is 1.70. The van der Waals surface area contributed by atoms with Gasteiger partial charge in [0, 0.05) is 25.7 Å². The number of para-hydroxylation sites is 2. The number of carbonyl (C=O) groups is 1. The minimum Gasteiger partial charge on any atom is -0.423 e. The van der Waals surface area contributed by atoms with Gasteiger partial charge in [0.2, 0.25) is 5.91 Å². The fourth-order valence-corrected chi connectivity index (χ4v) is 4.32. The van der Waals surface area contributed by atoms with Gasteiger partial charge in [-0.25, -0.2) is 4.98 Å². The molecule has 0 saturated carbocycles. The number of piperidine rings is 1. The van der Waals surface area contributed by atoms with E-state index in [-0.39, 0.29) is 18.0 Å². The molecule has 2 aliphatic heterocycles. The van der Waals surface area contributed by atoms with Gasteiger partial charge in [0.05, 0.1) is 6.54 Å². The maximum atomic E-state index is 13.1. The lowest BCUT2D eigenvalue weighted by Gasteiger charge is -2.34. The van der Waals surface area contributed by atoms with Crippen molar-refractivity contribution in [3.05, 3.63) is 36.4 Å². The second kappa shape index (κ2) is 7.82. The van der Waals surface area contributed by atoms with Crippen LogP contribution in [0.25, 0.3) is 11.1 Å². The maximum Gasteiger partial charge on any atom is 0.299 e. The lowest BCUT2D eigenvalue weighted by molar-refractivity contribution is -0.123. The average molecular weight is 395 g/mol. The number of amides is 1. The van der Waals surface area contributed by atoms with E-state index in [0.717, 1.165) is 62.2 Å². The Hall–Kier alpha value is -2.94. The molecule has 2 aliphatic rings. The number of nitrogens with one attached hydrogen (secondary N) is 2. The van der Waals surface area contributed by atoms with Crippen LogP contribution in [0, 0.1) is 0 Å². The molecule has 2 N–H and O–H groups in total. The van der Waals surface area contributed by atoms with Gasteiger partial charge in [-0.1, -0.05) is 12.1 Å². The van der Waals surface area contributed by atoms with Gasteiger partial charge in [-0.2, -0.15) is 10.1 Å². The summed E-state index contributed by atoms with van der Waals surface area (Å²) in [6.45, 7) is 3.23. The number of carbonyl (C=O) groups excluding carboxylic acids is 1. The molecular weight excluding hydrogens is 370 g/mol. The third-order valence-electron chi connectivity index (χ3n) is 5.78. The van der Waals surface area contributed by atoms with Crippen LogP contribution < -0.4 is 10.2 Å². The fourth-order valence-electron chi connectivity index (χ4n) is 4.32. The first-order chi connectivity index (χ1) is 14.3. The highest BCUT2D eigenvalue weighted by atomic mass is 16.4. The number of anilines is 1. The number of nitrogens with zero attached hydrogens (tertiary/aromatic N) is 5. The molecule has 1 amide bonds. The minimum absolute atomic E-state index is 0.0664. The van der Waals surface area contributed by atoms with E-state index in [1.165, 1.54) is 0 Å². The Kier molecular flexibility index (Phi) is 4.89. The van der Waals surface area contributed by atoms with E-state index in [1.807, 2.05) is 29.2 Å². The number of fused-ring (bicyclic) bond motifs is 1. The highest BCUT2D eigenvalue weighted by Gasteiger charge is 2.34. The number of rotatable bonds is 5. The first kappa shape index (κ1) is 18.1. The number of oxazole rings is 1. The van der Waals surface area contributed by atoms with E-state index in [2.05, 4.69) is 30.4 Å². The van der Waals surface area contributed by atoms with Gasteiger partial charge < -0.3 is 14.6 Å². The molecule has 0 aliphatic carbocycles. The summed E-state index contributed by atoms with van der Waals surface area (Å²) in [6.07, 6.45) is 5.42. The summed E-state index contributed by atoms with van der Waals surface area (Å²) in [6, 6.07) is 8.17. The quantitative estimate of drug-likeness (QED) is 0.678. The first-order valence-electron chi connectivity index (χ1n) is 10.3. The van der Waals surface area contributed by atoms with Crippen molar-refractivity contribution in [2.24, 2.45) is 0 Å². The van der Waals surface area contributed by atoms with Crippen LogP contribution in [0.2, 0.25) is 0 Å². The minimum atomic E-state index is -0.237. The average Bonchev–Trinajstić information content (AvgIpc) is 3.49. The smallest absolute Gasteiger partial charge is 0.299 e. The molecule has 2 atom stereocenters. The van der Waals surface area contributed by atoms with Crippen LogP contribution in [0.3, 0.4) is 0 Å². The second-order valence-electron chi connectivity index (χ2n) is 7.81. The van der Waals surface area contributed by atoms with Crippen LogP contribution in [0.5, 0.6) is 0 Å². The lowest BCUT2D eigenvalue weighted by Crippen LogP contribution is -2.52. The zero-order valence-electron chi connectivity index (χ0n) is 16.3. The van der Waals surface area contributed by atoms with E-state index >= 15 is 0 Å². The predicted molar refractivity (Wildman–Crippen MR) is 107 cm³/mol. The third kappa shape index (κ3) is 3.82. The molecule has 1 aromatic carbocycles. The molecule has 0 unspecified atom stereocenters. The molecule has 4 heterocycles. The van der Waals surface area contributed by atoms with Crippen LogP contribution >= 0.6 is 0 Å². The van der Waals surface area contributed by atoms with Crippen molar-refractivity contribution in [3.8, 4) is 0 Å². The molecule has 9 nitrogen and oxygen atoms in total. The normalized spacial score (nSPS) is 23.0. The van der Waals surface area contributed by atoms with Crippen molar-refractivity contribution in [1.82, 2.24) is 30.4 Å². The summed E-state index contributed by atoms with van der Waals surface area (Å²) in [5.41, 5.74) is 1.58. The van der Waals surface area contributed by atoms with Crippen molar-refractivity contribution in [2.75, 3.05) is 24.5 Å². The highest BCUT2D eigenvalue weighted by molar-refractivity contribution is 5.85. The number of benzene rings is 1. The Bertz CT molecular complexity index is 937. The van der Waals surface area contributed by atoms with Crippen LogP contribution in [-0.4, -0.2) is 62.7 Å².